The maximum absolute atomic E-state index is 12.8. The van der Waals surface area contributed by atoms with Crippen LogP contribution in [0.1, 0.15) is 65.1 Å². The minimum Gasteiger partial charge on any atom is -0.508 e. The van der Waals surface area contributed by atoms with Crippen LogP contribution in [0.5, 0.6) is 23.0 Å². The summed E-state index contributed by atoms with van der Waals surface area (Å²) >= 11 is 0. The predicted molar refractivity (Wildman–Crippen MR) is 140 cm³/mol. The van der Waals surface area contributed by atoms with E-state index in [2.05, 4.69) is 9.47 Å². The molecule has 3 aromatic carbocycles. The molecular formula is C29H24O13. The zero-order valence-corrected chi connectivity index (χ0v) is 22.6. The number of hydrogen-bond acceptors (Lipinski definition) is 12. The molecule has 3 N–H and O–H groups in total. The molecule has 2 aliphatic heterocycles. The Balaban J connectivity index is 0.000000289. The number of phenols is 2. The number of carbonyl (C=O) groups is 6. The summed E-state index contributed by atoms with van der Waals surface area (Å²) in [5, 5.41) is 29.3. The molecule has 3 aromatic rings. The molecule has 0 amide bonds. The van der Waals surface area contributed by atoms with Crippen molar-refractivity contribution in [3.05, 3.63) is 82.4 Å². The number of aromatic carboxylic acids is 1. The number of carbonyl (C=O) groups excluding carboxylic acids is 5. The molecule has 42 heavy (non-hydrogen) atoms. The zero-order chi connectivity index (χ0) is 31.4. The number of rotatable bonds is 1. The first kappa shape index (κ1) is 30.8. The van der Waals surface area contributed by atoms with Gasteiger partial charge in [-0.15, -0.1) is 0 Å². The molecule has 218 valence electrons. The molecule has 5 rings (SSSR count). The molecule has 0 saturated heterocycles. The van der Waals surface area contributed by atoms with Crippen LogP contribution >= 0.6 is 0 Å². The minimum atomic E-state index is -1.46. The molecule has 2 heterocycles. The average Bonchev–Trinajstić information content (AvgIpc) is 3.15. The lowest BCUT2D eigenvalue weighted by Crippen LogP contribution is -2.32. The van der Waals surface area contributed by atoms with E-state index in [1.54, 1.807) is 24.3 Å². The third-order valence-electron chi connectivity index (χ3n) is 5.61. The van der Waals surface area contributed by atoms with Gasteiger partial charge in [0.1, 0.15) is 23.0 Å². The molecule has 2 aliphatic rings. The van der Waals surface area contributed by atoms with Crippen molar-refractivity contribution in [1.82, 2.24) is 0 Å². The fourth-order valence-electron chi connectivity index (χ4n) is 4.33. The van der Waals surface area contributed by atoms with Gasteiger partial charge in [-0.2, -0.15) is 0 Å². The van der Waals surface area contributed by atoms with Crippen LogP contribution in [0.3, 0.4) is 0 Å². The van der Waals surface area contributed by atoms with Gasteiger partial charge in [0, 0.05) is 56.5 Å². The molecule has 13 nitrogen and oxygen atoms in total. The first-order valence-corrected chi connectivity index (χ1v) is 12.0. The Labute approximate surface area is 237 Å². The molecule has 0 unspecified atom stereocenters. The van der Waals surface area contributed by atoms with E-state index in [4.69, 9.17) is 9.47 Å². The number of carboxylic acids is 1. The van der Waals surface area contributed by atoms with E-state index >= 15 is 0 Å². The molecule has 1 spiro atoms. The maximum Gasteiger partial charge on any atom is 0.341 e. The van der Waals surface area contributed by atoms with E-state index in [-0.39, 0.29) is 34.1 Å². The number of carboxylic acid groups (broad SMARTS) is 1. The van der Waals surface area contributed by atoms with Crippen molar-refractivity contribution in [2.45, 2.75) is 33.3 Å². The Morgan fingerprint density at radius 2 is 1.14 bits per heavy atom. The second-order valence-electron chi connectivity index (χ2n) is 8.74. The van der Waals surface area contributed by atoms with Crippen molar-refractivity contribution in [3.8, 4) is 23.0 Å². The predicted octanol–water partition coefficient (Wildman–Crippen LogP) is 3.56. The summed E-state index contributed by atoms with van der Waals surface area (Å²) in [4.78, 5) is 63.7. The highest BCUT2D eigenvalue weighted by molar-refractivity contribution is 6.06. The normalized spacial score (nSPS) is 12.7. The van der Waals surface area contributed by atoms with Gasteiger partial charge in [0.05, 0.1) is 11.1 Å². The lowest BCUT2D eigenvalue weighted by Gasteiger charge is -2.36. The van der Waals surface area contributed by atoms with Crippen molar-refractivity contribution in [3.63, 3.8) is 0 Å². The number of phenolic OH excluding ortho intramolecular Hbond substituents is 2. The Bertz CT molecular complexity index is 1520. The van der Waals surface area contributed by atoms with Crippen LogP contribution in [0.15, 0.2) is 54.6 Å². The van der Waals surface area contributed by atoms with E-state index < -0.39 is 41.4 Å². The standard InChI is InChI=1S/C21H12O7.2C4H6O3/c22-10-4-6-13-16(8-10)27-17-9-11(23)5-7-14(17)21(13)15-3-1-2-12(19(24)25)18(15)20(26)28-21;2*1-3(5)7-4(2)6/h1-9,22-23H,(H,24,25);2*1-2H3. The van der Waals surface area contributed by atoms with Crippen LogP contribution in [-0.4, -0.2) is 51.1 Å². The molecule has 0 fully saturated rings. The number of esters is 5. The van der Waals surface area contributed by atoms with Gasteiger partial charge in [-0.3, -0.25) is 19.2 Å². The summed E-state index contributed by atoms with van der Waals surface area (Å²) < 4.78 is 19.6. The molecule has 13 heteroatoms. The van der Waals surface area contributed by atoms with Crippen LogP contribution in [0.2, 0.25) is 0 Å². The van der Waals surface area contributed by atoms with E-state index in [0.29, 0.717) is 16.7 Å². The molecule has 0 aliphatic carbocycles. The Morgan fingerprint density at radius 1 is 0.690 bits per heavy atom. The van der Waals surface area contributed by atoms with Crippen molar-refractivity contribution in [1.29, 1.82) is 0 Å². The lowest BCUT2D eigenvalue weighted by molar-refractivity contribution is -0.158. The first-order chi connectivity index (χ1) is 19.7. The lowest BCUT2D eigenvalue weighted by atomic mass is 9.77. The van der Waals surface area contributed by atoms with Gasteiger partial charge in [0.15, 0.2) is 5.60 Å². The highest BCUT2D eigenvalue weighted by Crippen LogP contribution is 2.57. The van der Waals surface area contributed by atoms with E-state index in [1.807, 2.05) is 0 Å². The van der Waals surface area contributed by atoms with Crippen molar-refractivity contribution < 1.29 is 63.0 Å². The SMILES string of the molecule is CC(=O)OC(C)=O.CC(=O)OC(C)=O.O=C(O)c1cccc2c1C(=O)OC21c2ccc(O)cc2Oc2cc(O)ccc21. The Hall–Kier alpha value is -5.72. The van der Waals surface area contributed by atoms with Crippen molar-refractivity contribution >= 4 is 35.8 Å². The monoisotopic (exact) mass is 580 g/mol. The number of benzene rings is 3. The van der Waals surface area contributed by atoms with Crippen molar-refractivity contribution in [2.75, 3.05) is 0 Å². The second kappa shape index (κ2) is 12.2. The summed E-state index contributed by atoms with van der Waals surface area (Å²) in [6, 6.07) is 13.3. The van der Waals surface area contributed by atoms with Gasteiger partial charge in [-0.05, 0) is 30.3 Å². The smallest absolute Gasteiger partial charge is 0.341 e. The summed E-state index contributed by atoms with van der Waals surface area (Å²) in [6.45, 7) is 4.73. The highest BCUT2D eigenvalue weighted by Gasteiger charge is 2.54. The van der Waals surface area contributed by atoms with E-state index in [0.717, 1.165) is 0 Å². The third kappa shape index (κ3) is 6.36. The molecule has 0 bridgehead atoms. The largest absolute Gasteiger partial charge is 0.508 e. The van der Waals surface area contributed by atoms with Gasteiger partial charge in [-0.1, -0.05) is 12.1 Å². The van der Waals surface area contributed by atoms with Gasteiger partial charge >= 0.3 is 35.8 Å². The summed E-state index contributed by atoms with van der Waals surface area (Å²) in [5.41, 5.74) is -0.403. The average molecular weight is 580 g/mol. The van der Waals surface area contributed by atoms with Crippen LogP contribution in [0, 0.1) is 0 Å². The van der Waals surface area contributed by atoms with Gasteiger partial charge < -0.3 is 34.3 Å². The second-order valence-corrected chi connectivity index (χ2v) is 8.74. The minimum absolute atomic E-state index is 0.0325. The van der Waals surface area contributed by atoms with Crippen LogP contribution in [0.25, 0.3) is 0 Å². The number of hydrogen-bond donors (Lipinski definition) is 3. The fourth-order valence-corrected chi connectivity index (χ4v) is 4.33. The highest BCUT2D eigenvalue weighted by atomic mass is 16.6. The molecule has 0 atom stereocenters. The first-order valence-electron chi connectivity index (χ1n) is 12.0. The zero-order valence-electron chi connectivity index (χ0n) is 22.6. The molecule has 0 aromatic heterocycles. The van der Waals surface area contributed by atoms with Gasteiger partial charge in [-0.25, -0.2) is 9.59 Å². The van der Waals surface area contributed by atoms with E-state index in [9.17, 15) is 44.1 Å². The molecular weight excluding hydrogens is 556 g/mol. The number of fused-ring (bicyclic) bond motifs is 6. The maximum atomic E-state index is 12.8. The van der Waals surface area contributed by atoms with Gasteiger partial charge in [0.25, 0.3) is 0 Å². The summed E-state index contributed by atoms with van der Waals surface area (Å²) in [5.74, 6) is -3.90. The Kier molecular flexibility index (Phi) is 8.96. The summed E-state index contributed by atoms with van der Waals surface area (Å²) in [7, 11) is 0. The topological polar surface area (TPSA) is 200 Å². The van der Waals surface area contributed by atoms with E-state index in [1.165, 1.54) is 58.0 Å². The third-order valence-corrected chi connectivity index (χ3v) is 5.61. The van der Waals surface area contributed by atoms with Crippen LogP contribution < -0.4 is 4.74 Å². The molecule has 0 radical (unpaired) electrons. The number of aromatic hydroxyl groups is 2. The quantitative estimate of drug-likeness (QED) is 0.215. The summed E-state index contributed by atoms with van der Waals surface area (Å²) in [6.07, 6.45) is 0. The fraction of sp³-hybridized carbons (Fsp3) is 0.172. The van der Waals surface area contributed by atoms with Crippen LogP contribution in [0.4, 0.5) is 0 Å². The number of ether oxygens (including phenoxy) is 4. The Morgan fingerprint density at radius 3 is 1.52 bits per heavy atom. The molecule has 0 saturated carbocycles. The van der Waals surface area contributed by atoms with Crippen molar-refractivity contribution in [2.24, 2.45) is 0 Å². The van der Waals surface area contributed by atoms with Gasteiger partial charge in [0.2, 0.25) is 0 Å². The van der Waals surface area contributed by atoms with Crippen LogP contribution in [-0.2, 0) is 39.0 Å².